The second-order valence-electron chi connectivity index (χ2n) is 4.72. The highest BCUT2D eigenvalue weighted by Crippen LogP contribution is 2.31. The molecule has 1 rings (SSSR count). The van der Waals surface area contributed by atoms with E-state index in [0.29, 0.717) is 12.7 Å². The lowest BCUT2D eigenvalue weighted by molar-refractivity contribution is -0.0271. The van der Waals surface area contributed by atoms with Crippen LogP contribution in [0.15, 0.2) is 0 Å². The van der Waals surface area contributed by atoms with Crippen LogP contribution in [0.2, 0.25) is 0 Å². The van der Waals surface area contributed by atoms with Crippen LogP contribution in [0.3, 0.4) is 0 Å². The maximum atomic E-state index is 9.46. The monoisotopic (exact) mass is 202 g/mol. The van der Waals surface area contributed by atoms with E-state index in [0.717, 1.165) is 25.7 Å². The molecular weight excluding hydrogens is 180 g/mol. The second-order valence-corrected chi connectivity index (χ2v) is 4.72. The third-order valence-corrected chi connectivity index (χ3v) is 2.73. The molecule has 0 aromatic heterocycles. The number of aliphatic hydroxyl groups is 1. The first kappa shape index (κ1) is 12.0. The first-order valence-corrected chi connectivity index (χ1v) is 5.38. The van der Waals surface area contributed by atoms with Crippen LogP contribution in [-0.2, 0) is 9.47 Å². The summed E-state index contributed by atoms with van der Waals surface area (Å²) in [7, 11) is 1.61. The average molecular weight is 202 g/mol. The Balaban J connectivity index is 2.14. The molecule has 0 aliphatic carbocycles. The molecule has 1 saturated heterocycles. The van der Waals surface area contributed by atoms with Gasteiger partial charge in [-0.05, 0) is 39.5 Å². The molecule has 0 amide bonds. The zero-order valence-electron chi connectivity index (χ0n) is 9.45. The van der Waals surface area contributed by atoms with Crippen LogP contribution in [0.25, 0.3) is 0 Å². The van der Waals surface area contributed by atoms with Crippen molar-refractivity contribution in [1.82, 2.24) is 0 Å². The van der Waals surface area contributed by atoms with Crippen molar-refractivity contribution in [2.75, 3.05) is 13.7 Å². The summed E-state index contributed by atoms with van der Waals surface area (Å²) in [5.74, 6) is 0. The fourth-order valence-electron chi connectivity index (χ4n) is 1.93. The van der Waals surface area contributed by atoms with Gasteiger partial charge in [-0.3, -0.25) is 0 Å². The van der Waals surface area contributed by atoms with Crippen molar-refractivity contribution in [2.45, 2.75) is 57.3 Å². The Bertz CT molecular complexity index is 168. The number of methoxy groups -OCH3 is 1. The van der Waals surface area contributed by atoms with Gasteiger partial charge in [-0.15, -0.1) is 0 Å². The van der Waals surface area contributed by atoms with Gasteiger partial charge in [-0.25, -0.2) is 0 Å². The maximum absolute atomic E-state index is 9.46. The quantitative estimate of drug-likeness (QED) is 0.738. The van der Waals surface area contributed by atoms with Gasteiger partial charge in [0.1, 0.15) is 0 Å². The molecule has 84 valence electrons. The van der Waals surface area contributed by atoms with E-state index in [9.17, 15) is 5.11 Å². The Labute approximate surface area is 86.4 Å². The predicted octanol–water partition coefficient (Wildman–Crippen LogP) is 1.73. The molecule has 14 heavy (non-hydrogen) atoms. The topological polar surface area (TPSA) is 38.7 Å². The summed E-state index contributed by atoms with van der Waals surface area (Å²) < 4.78 is 10.7. The molecule has 1 N–H and O–H groups in total. The van der Waals surface area contributed by atoms with Crippen LogP contribution >= 0.6 is 0 Å². The molecule has 2 unspecified atom stereocenters. The molecule has 0 bridgehead atoms. The van der Waals surface area contributed by atoms with Gasteiger partial charge in [0.25, 0.3) is 0 Å². The van der Waals surface area contributed by atoms with Gasteiger partial charge in [0.15, 0.2) is 0 Å². The van der Waals surface area contributed by atoms with Gasteiger partial charge in [-0.2, -0.15) is 0 Å². The molecule has 1 heterocycles. The Hall–Kier alpha value is -0.120. The molecule has 0 aromatic rings. The second kappa shape index (κ2) is 5.10. The number of aliphatic hydroxyl groups excluding tert-OH is 1. The summed E-state index contributed by atoms with van der Waals surface area (Å²) in [5.41, 5.74) is 0.0386. The van der Waals surface area contributed by atoms with Crippen LogP contribution in [0.4, 0.5) is 0 Å². The van der Waals surface area contributed by atoms with E-state index in [4.69, 9.17) is 9.47 Å². The zero-order valence-corrected chi connectivity index (χ0v) is 9.45. The Morgan fingerprint density at radius 3 is 2.79 bits per heavy atom. The minimum atomic E-state index is -0.340. The van der Waals surface area contributed by atoms with E-state index >= 15 is 0 Å². The molecule has 0 spiro atoms. The van der Waals surface area contributed by atoms with E-state index in [2.05, 4.69) is 13.8 Å². The lowest BCUT2D eigenvalue weighted by atomic mass is 10.0. The van der Waals surface area contributed by atoms with Crippen molar-refractivity contribution >= 4 is 0 Å². The van der Waals surface area contributed by atoms with E-state index in [1.165, 1.54) is 0 Å². The molecule has 1 fully saturated rings. The first-order chi connectivity index (χ1) is 6.53. The van der Waals surface area contributed by atoms with Gasteiger partial charge in [-0.1, -0.05) is 0 Å². The Morgan fingerprint density at radius 2 is 2.29 bits per heavy atom. The van der Waals surface area contributed by atoms with E-state index in [1.807, 2.05) is 0 Å². The molecule has 1 aliphatic heterocycles. The normalized spacial score (nSPS) is 27.9. The molecule has 0 saturated carbocycles. The Kier molecular flexibility index (Phi) is 4.35. The predicted molar refractivity (Wildman–Crippen MR) is 55.3 cm³/mol. The van der Waals surface area contributed by atoms with Crippen molar-refractivity contribution in [3.05, 3.63) is 0 Å². The van der Waals surface area contributed by atoms with E-state index < -0.39 is 0 Å². The molecular formula is C11H22O3. The van der Waals surface area contributed by atoms with Crippen LogP contribution in [-0.4, -0.2) is 36.6 Å². The zero-order chi connectivity index (χ0) is 10.6. The van der Waals surface area contributed by atoms with Crippen LogP contribution in [0, 0.1) is 0 Å². The molecule has 0 radical (unpaired) electrons. The highest BCUT2D eigenvalue weighted by atomic mass is 16.5. The molecule has 3 heteroatoms. The fourth-order valence-corrected chi connectivity index (χ4v) is 1.93. The largest absolute Gasteiger partial charge is 0.391 e. The minimum Gasteiger partial charge on any atom is -0.391 e. The average Bonchev–Trinajstić information content (AvgIpc) is 2.43. The van der Waals surface area contributed by atoms with Gasteiger partial charge in [0.2, 0.25) is 0 Å². The molecule has 0 aromatic carbocycles. The number of hydrogen-bond donors (Lipinski definition) is 1. The van der Waals surface area contributed by atoms with Gasteiger partial charge < -0.3 is 14.6 Å². The van der Waals surface area contributed by atoms with Crippen molar-refractivity contribution in [3.8, 4) is 0 Å². The smallest absolute Gasteiger partial charge is 0.0774 e. The minimum absolute atomic E-state index is 0.0386. The number of ether oxygens (including phenoxy) is 2. The third kappa shape index (κ3) is 3.95. The van der Waals surface area contributed by atoms with E-state index in [-0.39, 0.29) is 11.7 Å². The van der Waals surface area contributed by atoms with Gasteiger partial charge in [0, 0.05) is 7.11 Å². The van der Waals surface area contributed by atoms with Gasteiger partial charge >= 0.3 is 0 Å². The SMILES string of the molecule is COCC(O)CCC1CCC(C)(C)O1. The highest BCUT2D eigenvalue weighted by Gasteiger charge is 2.31. The Morgan fingerprint density at radius 1 is 1.57 bits per heavy atom. The lowest BCUT2D eigenvalue weighted by Crippen LogP contribution is -2.22. The standard InChI is InChI=1S/C11H22O3/c1-11(2)7-6-10(14-11)5-4-9(12)8-13-3/h9-10,12H,4-8H2,1-3H3. The summed E-state index contributed by atoms with van der Waals surface area (Å²) in [4.78, 5) is 0. The first-order valence-electron chi connectivity index (χ1n) is 5.38. The van der Waals surface area contributed by atoms with Crippen molar-refractivity contribution < 1.29 is 14.6 Å². The summed E-state index contributed by atoms with van der Waals surface area (Å²) in [6, 6.07) is 0. The van der Waals surface area contributed by atoms with E-state index in [1.54, 1.807) is 7.11 Å². The molecule has 3 nitrogen and oxygen atoms in total. The number of hydrogen-bond acceptors (Lipinski definition) is 3. The summed E-state index contributed by atoms with van der Waals surface area (Å²) in [6.45, 7) is 4.67. The van der Waals surface area contributed by atoms with Crippen LogP contribution in [0.5, 0.6) is 0 Å². The van der Waals surface area contributed by atoms with Crippen LogP contribution in [0.1, 0.15) is 39.5 Å². The van der Waals surface area contributed by atoms with Crippen molar-refractivity contribution in [1.29, 1.82) is 0 Å². The maximum Gasteiger partial charge on any atom is 0.0774 e. The highest BCUT2D eigenvalue weighted by molar-refractivity contribution is 4.81. The number of rotatable bonds is 5. The van der Waals surface area contributed by atoms with Crippen molar-refractivity contribution in [2.24, 2.45) is 0 Å². The molecule has 1 aliphatic rings. The summed E-state index contributed by atoms with van der Waals surface area (Å²) in [5, 5.41) is 9.46. The fraction of sp³-hybridized carbons (Fsp3) is 1.00. The van der Waals surface area contributed by atoms with Crippen molar-refractivity contribution in [3.63, 3.8) is 0 Å². The van der Waals surface area contributed by atoms with Gasteiger partial charge in [0.05, 0.1) is 24.4 Å². The lowest BCUT2D eigenvalue weighted by Gasteiger charge is -2.19. The summed E-state index contributed by atoms with van der Waals surface area (Å²) >= 11 is 0. The molecule has 2 atom stereocenters. The summed E-state index contributed by atoms with van der Waals surface area (Å²) in [6.07, 6.45) is 3.94. The van der Waals surface area contributed by atoms with Crippen LogP contribution < -0.4 is 0 Å². The third-order valence-electron chi connectivity index (χ3n) is 2.73.